The van der Waals surface area contributed by atoms with Gasteiger partial charge in [0.1, 0.15) is 18.1 Å². The lowest BCUT2D eigenvalue weighted by molar-refractivity contribution is 0.232. The first kappa shape index (κ1) is 13.5. The first-order chi connectivity index (χ1) is 9.15. The van der Waals surface area contributed by atoms with E-state index in [2.05, 4.69) is 11.9 Å². The van der Waals surface area contributed by atoms with E-state index in [1.807, 2.05) is 37.3 Å². The van der Waals surface area contributed by atoms with Crippen LogP contribution in [-0.4, -0.2) is 25.1 Å². The molecular formula is C15H20N2O2. The van der Waals surface area contributed by atoms with Crippen molar-refractivity contribution in [2.75, 3.05) is 25.9 Å². The first-order valence-corrected chi connectivity index (χ1v) is 6.35. The molecule has 0 radical (unpaired) electrons. The summed E-state index contributed by atoms with van der Waals surface area (Å²) in [6, 6.07) is 9.49. The highest BCUT2D eigenvalue weighted by atomic mass is 16.5. The van der Waals surface area contributed by atoms with Gasteiger partial charge in [0.25, 0.3) is 0 Å². The van der Waals surface area contributed by atoms with Crippen LogP contribution in [0.2, 0.25) is 0 Å². The monoisotopic (exact) mass is 260 g/mol. The summed E-state index contributed by atoms with van der Waals surface area (Å²) in [6.45, 7) is 4.32. The summed E-state index contributed by atoms with van der Waals surface area (Å²) in [5, 5.41) is 0. The highest BCUT2D eigenvalue weighted by Gasteiger charge is 2.05. The van der Waals surface area contributed by atoms with Crippen molar-refractivity contribution in [2.24, 2.45) is 0 Å². The molecule has 4 nitrogen and oxygen atoms in total. The summed E-state index contributed by atoms with van der Waals surface area (Å²) in [5.74, 6) is 1.79. The summed E-state index contributed by atoms with van der Waals surface area (Å²) in [6.07, 6.45) is 1.72. The molecule has 4 heteroatoms. The van der Waals surface area contributed by atoms with Crippen LogP contribution in [0.1, 0.15) is 11.3 Å². The van der Waals surface area contributed by atoms with Crippen molar-refractivity contribution >= 4 is 5.69 Å². The molecule has 0 bridgehead atoms. The van der Waals surface area contributed by atoms with Gasteiger partial charge in [-0.2, -0.15) is 0 Å². The van der Waals surface area contributed by atoms with E-state index in [4.69, 9.17) is 14.9 Å². The lowest BCUT2D eigenvalue weighted by Crippen LogP contribution is -2.24. The van der Waals surface area contributed by atoms with Crippen LogP contribution < -0.4 is 10.5 Å². The summed E-state index contributed by atoms with van der Waals surface area (Å²) in [7, 11) is 2.06. The maximum atomic E-state index is 5.70. The molecule has 2 aromatic rings. The van der Waals surface area contributed by atoms with Gasteiger partial charge in [0.2, 0.25) is 0 Å². The highest BCUT2D eigenvalue weighted by molar-refractivity contribution is 5.43. The van der Waals surface area contributed by atoms with E-state index in [9.17, 15) is 0 Å². The Labute approximate surface area is 113 Å². The fourth-order valence-corrected chi connectivity index (χ4v) is 1.87. The smallest absolute Gasteiger partial charge is 0.121 e. The molecule has 2 rings (SSSR count). The van der Waals surface area contributed by atoms with E-state index in [-0.39, 0.29) is 0 Å². The Morgan fingerprint density at radius 2 is 2.16 bits per heavy atom. The van der Waals surface area contributed by atoms with Gasteiger partial charge in [0, 0.05) is 30.4 Å². The quantitative estimate of drug-likeness (QED) is 0.811. The van der Waals surface area contributed by atoms with Gasteiger partial charge in [-0.1, -0.05) is 6.07 Å². The van der Waals surface area contributed by atoms with Crippen molar-refractivity contribution < 1.29 is 9.15 Å². The number of nitrogens with two attached hydrogens (primary N) is 1. The first-order valence-electron chi connectivity index (χ1n) is 6.35. The molecular weight excluding hydrogens is 240 g/mol. The Morgan fingerprint density at radius 1 is 1.32 bits per heavy atom. The number of ether oxygens (including phenoxy) is 1. The lowest BCUT2D eigenvalue weighted by atomic mass is 10.2. The topological polar surface area (TPSA) is 51.6 Å². The van der Waals surface area contributed by atoms with Gasteiger partial charge in [-0.15, -0.1) is 0 Å². The van der Waals surface area contributed by atoms with E-state index in [1.54, 1.807) is 6.26 Å². The van der Waals surface area contributed by atoms with Crippen LogP contribution in [0, 0.1) is 6.92 Å². The second kappa shape index (κ2) is 6.29. The van der Waals surface area contributed by atoms with Crippen molar-refractivity contribution in [3.63, 3.8) is 0 Å². The van der Waals surface area contributed by atoms with Gasteiger partial charge in [0.05, 0.1) is 6.26 Å². The molecule has 0 saturated carbocycles. The number of likely N-dealkylation sites (N-methyl/N-ethyl adjacent to an activating group) is 1. The predicted molar refractivity (Wildman–Crippen MR) is 76.1 cm³/mol. The zero-order valence-corrected chi connectivity index (χ0v) is 11.4. The molecule has 1 aromatic heterocycles. The van der Waals surface area contributed by atoms with Gasteiger partial charge in [0.15, 0.2) is 0 Å². The summed E-state index contributed by atoms with van der Waals surface area (Å²) < 4.78 is 10.9. The molecule has 2 N–H and O–H groups in total. The van der Waals surface area contributed by atoms with Gasteiger partial charge in [-0.25, -0.2) is 0 Å². The maximum Gasteiger partial charge on any atom is 0.121 e. The zero-order chi connectivity index (χ0) is 13.7. The number of rotatable bonds is 6. The third-order valence-corrected chi connectivity index (χ3v) is 3.01. The number of aryl methyl sites for hydroxylation is 1. The summed E-state index contributed by atoms with van der Waals surface area (Å²) >= 11 is 0. The Kier molecular flexibility index (Phi) is 4.47. The normalized spacial score (nSPS) is 10.9. The third-order valence-electron chi connectivity index (χ3n) is 3.01. The molecule has 0 aliphatic rings. The molecule has 0 unspecified atom stereocenters. The third kappa shape index (κ3) is 4.03. The van der Waals surface area contributed by atoms with E-state index < -0.39 is 0 Å². The molecule has 0 aliphatic heterocycles. The standard InChI is InChI=1S/C15H20N2O2/c1-12-13(6-8-18-12)11-17(2)7-9-19-15-5-3-4-14(16)10-15/h3-6,8,10H,7,9,11,16H2,1-2H3. The van der Waals surface area contributed by atoms with Gasteiger partial charge in [-0.05, 0) is 32.2 Å². The number of hydrogen-bond donors (Lipinski definition) is 1. The summed E-state index contributed by atoms with van der Waals surface area (Å²) in [4.78, 5) is 2.20. The summed E-state index contributed by atoms with van der Waals surface area (Å²) in [5.41, 5.74) is 7.63. The molecule has 19 heavy (non-hydrogen) atoms. The SMILES string of the molecule is Cc1occc1CN(C)CCOc1cccc(N)c1. The van der Waals surface area contributed by atoms with E-state index in [0.29, 0.717) is 6.61 Å². The molecule has 102 valence electrons. The molecule has 0 spiro atoms. The van der Waals surface area contributed by atoms with E-state index in [0.717, 1.165) is 30.3 Å². The van der Waals surface area contributed by atoms with Crippen molar-refractivity contribution in [2.45, 2.75) is 13.5 Å². The average molecular weight is 260 g/mol. The van der Waals surface area contributed by atoms with E-state index in [1.165, 1.54) is 5.56 Å². The van der Waals surface area contributed by atoms with Gasteiger partial charge < -0.3 is 14.9 Å². The Morgan fingerprint density at radius 3 is 2.84 bits per heavy atom. The van der Waals surface area contributed by atoms with Crippen molar-refractivity contribution in [3.8, 4) is 5.75 Å². The number of anilines is 1. The lowest BCUT2D eigenvalue weighted by Gasteiger charge is -2.16. The largest absolute Gasteiger partial charge is 0.492 e. The number of hydrogen-bond acceptors (Lipinski definition) is 4. The van der Waals surface area contributed by atoms with E-state index >= 15 is 0 Å². The van der Waals surface area contributed by atoms with Crippen molar-refractivity contribution in [1.29, 1.82) is 0 Å². The minimum atomic E-state index is 0.636. The molecule has 0 saturated heterocycles. The fraction of sp³-hybridized carbons (Fsp3) is 0.333. The van der Waals surface area contributed by atoms with Gasteiger partial charge >= 0.3 is 0 Å². The maximum absolute atomic E-state index is 5.70. The molecule has 1 heterocycles. The molecule has 0 fully saturated rings. The Hall–Kier alpha value is -1.94. The Bertz CT molecular complexity index is 522. The second-order valence-corrected chi connectivity index (χ2v) is 4.66. The predicted octanol–water partition coefficient (Wildman–Crippen LogP) is 2.68. The number of benzene rings is 1. The Balaban J connectivity index is 1.75. The molecule has 0 atom stereocenters. The van der Waals surface area contributed by atoms with Crippen LogP contribution in [0.5, 0.6) is 5.75 Å². The second-order valence-electron chi connectivity index (χ2n) is 4.66. The van der Waals surface area contributed by atoms with Crippen molar-refractivity contribution in [1.82, 2.24) is 4.90 Å². The number of nitrogens with zero attached hydrogens (tertiary/aromatic N) is 1. The molecule has 0 aliphatic carbocycles. The van der Waals surface area contributed by atoms with Crippen LogP contribution in [0.25, 0.3) is 0 Å². The van der Waals surface area contributed by atoms with Gasteiger partial charge in [-0.3, -0.25) is 4.90 Å². The number of furan rings is 1. The average Bonchev–Trinajstić information content (AvgIpc) is 2.75. The zero-order valence-electron chi connectivity index (χ0n) is 11.4. The van der Waals surface area contributed by atoms with Crippen LogP contribution in [0.3, 0.4) is 0 Å². The molecule has 1 aromatic carbocycles. The van der Waals surface area contributed by atoms with Crippen LogP contribution in [0.15, 0.2) is 41.0 Å². The fourth-order valence-electron chi connectivity index (χ4n) is 1.87. The number of nitrogen functional groups attached to an aromatic ring is 1. The van der Waals surface area contributed by atoms with Crippen molar-refractivity contribution in [3.05, 3.63) is 47.9 Å². The highest BCUT2D eigenvalue weighted by Crippen LogP contribution is 2.14. The van der Waals surface area contributed by atoms with Crippen LogP contribution in [-0.2, 0) is 6.54 Å². The van der Waals surface area contributed by atoms with Crippen LogP contribution in [0.4, 0.5) is 5.69 Å². The van der Waals surface area contributed by atoms with Crippen LogP contribution >= 0.6 is 0 Å². The minimum Gasteiger partial charge on any atom is -0.492 e. The molecule has 0 amide bonds. The minimum absolute atomic E-state index is 0.636.